The van der Waals surface area contributed by atoms with Gasteiger partial charge >= 0.3 is 0 Å². The molecule has 3 heterocycles. The predicted octanol–water partition coefficient (Wildman–Crippen LogP) is 2.17. The molecule has 1 aliphatic rings. The van der Waals surface area contributed by atoms with Gasteiger partial charge in [-0.25, -0.2) is 9.97 Å². The maximum Gasteiger partial charge on any atom is 0.222 e. The fourth-order valence-electron chi connectivity index (χ4n) is 3.39. The summed E-state index contributed by atoms with van der Waals surface area (Å²) in [6.45, 7) is 6.42. The number of amides is 1. The fraction of sp³-hybridized carbons (Fsp3) is 0.556. The van der Waals surface area contributed by atoms with Crippen molar-refractivity contribution >= 4 is 11.9 Å². The van der Waals surface area contributed by atoms with Gasteiger partial charge in [-0.2, -0.15) is 5.10 Å². The zero-order valence-corrected chi connectivity index (χ0v) is 15.0. The zero-order valence-electron chi connectivity index (χ0n) is 15.0. The summed E-state index contributed by atoms with van der Waals surface area (Å²) in [7, 11) is 0. The average molecular weight is 342 g/mol. The largest absolute Gasteiger partial charge is 0.354 e. The zero-order chi connectivity index (χ0) is 17.6. The van der Waals surface area contributed by atoms with E-state index in [2.05, 4.69) is 33.4 Å². The Morgan fingerprint density at radius 2 is 2.12 bits per heavy atom. The molecule has 0 bridgehead atoms. The number of anilines is 1. The van der Waals surface area contributed by atoms with Gasteiger partial charge in [0.1, 0.15) is 0 Å². The lowest BCUT2D eigenvalue weighted by Crippen LogP contribution is -2.38. The van der Waals surface area contributed by atoms with Gasteiger partial charge in [-0.1, -0.05) is 0 Å². The number of likely N-dealkylation sites (tertiary alicyclic amines) is 1. The number of hydrogen-bond acceptors (Lipinski definition) is 5. The van der Waals surface area contributed by atoms with Gasteiger partial charge in [0, 0.05) is 37.6 Å². The molecule has 0 radical (unpaired) electrons. The molecule has 3 rings (SSSR count). The minimum absolute atomic E-state index is 0.236. The summed E-state index contributed by atoms with van der Waals surface area (Å²) in [6.07, 6.45) is 6.86. The summed E-state index contributed by atoms with van der Waals surface area (Å²) >= 11 is 0. The number of nitrogens with one attached hydrogen (secondary N) is 1. The lowest BCUT2D eigenvalue weighted by atomic mass is 10.2. The van der Waals surface area contributed by atoms with Gasteiger partial charge in [-0.05, 0) is 45.2 Å². The van der Waals surface area contributed by atoms with Crippen LogP contribution in [0, 0.1) is 13.8 Å². The van der Waals surface area contributed by atoms with Crippen molar-refractivity contribution in [3.8, 4) is 0 Å². The Balaban J connectivity index is 1.46. The molecule has 7 heteroatoms. The van der Waals surface area contributed by atoms with Crippen molar-refractivity contribution in [1.29, 1.82) is 0 Å². The van der Waals surface area contributed by atoms with Crippen LogP contribution in [0.2, 0.25) is 0 Å². The van der Waals surface area contributed by atoms with Crippen molar-refractivity contribution in [3.63, 3.8) is 0 Å². The highest BCUT2D eigenvalue weighted by atomic mass is 16.2. The molecule has 1 atom stereocenters. The van der Waals surface area contributed by atoms with Crippen molar-refractivity contribution in [3.05, 3.63) is 35.9 Å². The number of hydrogen-bond donors (Lipinski definition) is 1. The smallest absolute Gasteiger partial charge is 0.222 e. The number of aromatic nitrogens is 4. The Labute approximate surface area is 148 Å². The molecule has 1 saturated heterocycles. The van der Waals surface area contributed by atoms with Crippen LogP contribution >= 0.6 is 0 Å². The quantitative estimate of drug-likeness (QED) is 0.781. The van der Waals surface area contributed by atoms with Crippen LogP contribution in [0.3, 0.4) is 0 Å². The summed E-state index contributed by atoms with van der Waals surface area (Å²) in [4.78, 5) is 22.9. The van der Waals surface area contributed by atoms with Crippen LogP contribution < -0.4 is 5.32 Å². The van der Waals surface area contributed by atoms with Gasteiger partial charge in [-0.3, -0.25) is 9.48 Å². The summed E-state index contributed by atoms with van der Waals surface area (Å²) in [6, 6.07) is 4.12. The summed E-state index contributed by atoms with van der Waals surface area (Å²) in [5.74, 6) is 0.846. The fourth-order valence-corrected chi connectivity index (χ4v) is 3.39. The molecule has 0 unspecified atom stereocenters. The van der Waals surface area contributed by atoms with Crippen molar-refractivity contribution in [2.45, 2.75) is 52.1 Å². The Bertz CT molecular complexity index is 699. The molecule has 0 aliphatic carbocycles. The molecule has 1 aliphatic heterocycles. The van der Waals surface area contributed by atoms with E-state index in [1.165, 1.54) is 0 Å². The van der Waals surface area contributed by atoms with E-state index in [0.29, 0.717) is 18.9 Å². The Morgan fingerprint density at radius 1 is 1.32 bits per heavy atom. The number of rotatable bonds is 7. The van der Waals surface area contributed by atoms with E-state index in [4.69, 9.17) is 0 Å². The van der Waals surface area contributed by atoms with E-state index < -0.39 is 0 Å². The number of nitrogens with zero attached hydrogens (tertiary/aromatic N) is 5. The summed E-state index contributed by atoms with van der Waals surface area (Å²) < 4.78 is 2.03. The predicted molar refractivity (Wildman–Crippen MR) is 96.2 cm³/mol. The number of aryl methyl sites for hydroxylation is 2. The van der Waals surface area contributed by atoms with E-state index in [9.17, 15) is 4.79 Å². The van der Waals surface area contributed by atoms with Gasteiger partial charge in [0.25, 0.3) is 0 Å². The first-order valence-corrected chi connectivity index (χ1v) is 8.95. The minimum atomic E-state index is 0.236. The SMILES string of the molecule is Cc1cc(C)n(C[C@H]2CCCN2C(=O)CCCNc2ncccn2)n1. The van der Waals surface area contributed by atoms with Gasteiger partial charge in [0.15, 0.2) is 0 Å². The summed E-state index contributed by atoms with van der Waals surface area (Å²) in [5, 5.41) is 7.68. The van der Waals surface area contributed by atoms with E-state index >= 15 is 0 Å². The molecule has 25 heavy (non-hydrogen) atoms. The second-order valence-electron chi connectivity index (χ2n) is 6.60. The normalized spacial score (nSPS) is 17.0. The highest BCUT2D eigenvalue weighted by molar-refractivity contribution is 5.76. The Morgan fingerprint density at radius 3 is 2.84 bits per heavy atom. The monoisotopic (exact) mass is 342 g/mol. The molecule has 134 valence electrons. The van der Waals surface area contributed by atoms with E-state index in [-0.39, 0.29) is 11.9 Å². The number of carbonyl (C=O) groups excluding carboxylic acids is 1. The van der Waals surface area contributed by atoms with Crippen molar-refractivity contribution in [2.75, 3.05) is 18.4 Å². The first-order valence-electron chi connectivity index (χ1n) is 8.95. The maximum atomic E-state index is 12.6. The third-order valence-corrected chi connectivity index (χ3v) is 4.60. The standard InChI is InChI=1S/C18H26N6O/c1-14-12-15(2)24(22-14)13-16-6-4-11-23(16)17(25)7-3-8-19-18-20-9-5-10-21-18/h5,9-10,12,16H,3-4,6-8,11,13H2,1-2H3,(H,19,20,21)/t16-/m1/s1. The molecule has 7 nitrogen and oxygen atoms in total. The van der Waals surface area contributed by atoms with Gasteiger partial charge in [0.05, 0.1) is 18.3 Å². The molecule has 2 aromatic rings. The Hall–Kier alpha value is -2.44. The third kappa shape index (κ3) is 4.55. The average Bonchev–Trinajstić information content (AvgIpc) is 3.19. The van der Waals surface area contributed by atoms with Crippen LogP contribution in [0.1, 0.15) is 37.1 Å². The van der Waals surface area contributed by atoms with Crippen molar-refractivity contribution < 1.29 is 4.79 Å². The highest BCUT2D eigenvalue weighted by Gasteiger charge is 2.29. The second kappa shape index (κ2) is 8.09. The molecule has 0 saturated carbocycles. The first-order chi connectivity index (χ1) is 12.1. The van der Waals surface area contributed by atoms with E-state index in [0.717, 1.165) is 43.7 Å². The van der Waals surface area contributed by atoms with Crippen LogP contribution in [0.5, 0.6) is 0 Å². The maximum absolute atomic E-state index is 12.6. The van der Waals surface area contributed by atoms with Crippen molar-refractivity contribution in [2.24, 2.45) is 0 Å². The van der Waals surface area contributed by atoms with Gasteiger partial charge in [-0.15, -0.1) is 0 Å². The summed E-state index contributed by atoms with van der Waals surface area (Å²) in [5.41, 5.74) is 2.19. The van der Waals surface area contributed by atoms with Crippen LogP contribution in [-0.4, -0.2) is 49.7 Å². The lowest BCUT2D eigenvalue weighted by Gasteiger charge is -2.25. The molecule has 1 fully saturated rings. The Kier molecular flexibility index (Phi) is 5.63. The second-order valence-corrected chi connectivity index (χ2v) is 6.60. The third-order valence-electron chi connectivity index (χ3n) is 4.60. The minimum Gasteiger partial charge on any atom is -0.354 e. The topological polar surface area (TPSA) is 75.9 Å². The van der Waals surface area contributed by atoms with Gasteiger partial charge < -0.3 is 10.2 Å². The van der Waals surface area contributed by atoms with Crippen LogP contribution in [0.4, 0.5) is 5.95 Å². The molecule has 1 amide bonds. The van der Waals surface area contributed by atoms with E-state index in [1.807, 2.05) is 16.5 Å². The van der Waals surface area contributed by atoms with Gasteiger partial charge in [0.2, 0.25) is 11.9 Å². The van der Waals surface area contributed by atoms with E-state index in [1.54, 1.807) is 18.5 Å². The highest BCUT2D eigenvalue weighted by Crippen LogP contribution is 2.21. The molecule has 1 N–H and O–H groups in total. The first kappa shape index (κ1) is 17.4. The molecule has 2 aromatic heterocycles. The van der Waals surface area contributed by atoms with Crippen LogP contribution in [0.15, 0.2) is 24.5 Å². The van der Waals surface area contributed by atoms with Crippen LogP contribution in [0.25, 0.3) is 0 Å². The molecule has 0 aromatic carbocycles. The molecule has 0 spiro atoms. The molecular weight excluding hydrogens is 316 g/mol. The molecular formula is C18H26N6O. The van der Waals surface area contributed by atoms with Crippen LogP contribution in [-0.2, 0) is 11.3 Å². The van der Waals surface area contributed by atoms with Crippen molar-refractivity contribution in [1.82, 2.24) is 24.6 Å². The number of carbonyl (C=O) groups is 1. The lowest BCUT2D eigenvalue weighted by molar-refractivity contribution is -0.132.